The van der Waals surface area contributed by atoms with E-state index in [1.165, 1.54) is 0 Å². The van der Waals surface area contributed by atoms with Crippen LogP contribution in [0.15, 0.2) is 67.0 Å². The molecule has 1 fully saturated rings. The minimum atomic E-state index is -3.34. The van der Waals surface area contributed by atoms with Gasteiger partial charge in [-0.25, -0.2) is 8.42 Å². The number of anilines is 2. The van der Waals surface area contributed by atoms with E-state index in [1.54, 1.807) is 18.3 Å². The molecule has 4 rings (SSSR count). The molecule has 3 heterocycles. The number of thiocarbonyl (C=S) groups is 1. The van der Waals surface area contributed by atoms with Gasteiger partial charge in [0.1, 0.15) is 6.04 Å². The minimum absolute atomic E-state index is 0.117. The first kappa shape index (κ1) is 21.3. The van der Waals surface area contributed by atoms with Crippen LogP contribution in [0.2, 0.25) is 0 Å². The topological polar surface area (TPSA) is 79.3 Å². The summed E-state index contributed by atoms with van der Waals surface area (Å²) < 4.78 is 27.8. The summed E-state index contributed by atoms with van der Waals surface area (Å²) in [5.41, 5.74) is 3.41. The maximum Gasteiger partial charge on any atom is 0.229 e. The first-order valence-electron chi connectivity index (χ1n) is 10.00. The Morgan fingerprint density at radius 3 is 2.45 bits per heavy atom. The van der Waals surface area contributed by atoms with Crippen LogP contribution in [0.5, 0.6) is 0 Å². The van der Waals surface area contributed by atoms with Crippen LogP contribution in [-0.2, 0) is 10.0 Å². The van der Waals surface area contributed by atoms with E-state index in [-0.39, 0.29) is 18.1 Å². The van der Waals surface area contributed by atoms with Gasteiger partial charge in [0.05, 0.1) is 18.0 Å². The normalized spacial score (nSPS) is 19.0. The quantitative estimate of drug-likeness (QED) is 0.547. The third kappa shape index (κ3) is 4.42. The van der Waals surface area contributed by atoms with Gasteiger partial charge in [-0.15, -0.1) is 0 Å². The molecule has 1 aliphatic rings. The zero-order chi connectivity index (χ0) is 22.2. The maximum atomic E-state index is 11.5. The van der Waals surface area contributed by atoms with Gasteiger partial charge in [-0.3, -0.25) is 9.71 Å². The highest BCUT2D eigenvalue weighted by Crippen LogP contribution is 2.42. The smallest absolute Gasteiger partial charge is 0.229 e. The van der Waals surface area contributed by atoms with E-state index in [2.05, 4.69) is 50.6 Å². The molecular formula is C22H25N5O2S2. The molecule has 7 nitrogen and oxygen atoms in total. The lowest BCUT2D eigenvalue weighted by molar-refractivity contribution is 0.497. The molecule has 1 aliphatic heterocycles. The maximum absolute atomic E-state index is 11.5. The van der Waals surface area contributed by atoms with Crippen LogP contribution in [0, 0.1) is 0 Å². The molecule has 162 valence electrons. The summed E-state index contributed by atoms with van der Waals surface area (Å²) in [6.07, 6.45) is 5.00. The van der Waals surface area contributed by atoms with Gasteiger partial charge in [-0.1, -0.05) is 6.07 Å². The van der Waals surface area contributed by atoms with E-state index in [1.807, 2.05) is 36.4 Å². The number of aromatic nitrogens is 2. The van der Waals surface area contributed by atoms with Gasteiger partial charge in [-0.05, 0) is 74.6 Å². The molecule has 2 aromatic heterocycles. The number of pyridine rings is 1. The number of sulfonamides is 1. The highest BCUT2D eigenvalue weighted by Gasteiger charge is 2.42. The number of hydrogen-bond donors (Lipinski definition) is 2. The van der Waals surface area contributed by atoms with E-state index in [9.17, 15) is 8.42 Å². The monoisotopic (exact) mass is 455 g/mol. The summed E-state index contributed by atoms with van der Waals surface area (Å²) in [6.45, 7) is 4.30. The second kappa shape index (κ2) is 8.32. The first-order chi connectivity index (χ1) is 14.7. The molecule has 0 spiro atoms. The first-order valence-corrected chi connectivity index (χ1v) is 12.3. The summed E-state index contributed by atoms with van der Waals surface area (Å²) in [5, 5.41) is 4.04. The zero-order valence-corrected chi connectivity index (χ0v) is 19.2. The van der Waals surface area contributed by atoms with Crippen molar-refractivity contribution in [1.82, 2.24) is 14.9 Å². The number of benzene rings is 1. The Labute approximate surface area is 188 Å². The van der Waals surface area contributed by atoms with Gasteiger partial charge < -0.3 is 14.8 Å². The number of nitrogens with zero attached hydrogens (tertiary/aromatic N) is 3. The molecule has 3 aromatic rings. The van der Waals surface area contributed by atoms with Crippen molar-refractivity contribution in [2.45, 2.75) is 32.0 Å². The SMILES string of the molecule is CC(C)n1cccc1C1C(c2ccccn2)NC(=S)N1c1ccc(NS(C)(=O)=O)cc1. The van der Waals surface area contributed by atoms with Crippen LogP contribution in [0.4, 0.5) is 11.4 Å². The third-order valence-electron chi connectivity index (χ3n) is 5.22. The van der Waals surface area contributed by atoms with Gasteiger partial charge in [-0.2, -0.15) is 0 Å². The predicted octanol–water partition coefficient (Wildman–Crippen LogP) is 4.01. The lowest BCUT2D eigenvalue weighted by atomic mass is 10.0. The second-order valence-electron chi connectivity index (χ2n) is 7.85. The fraction of sp³-hybridized carbons (Fsp3) is 0.273. The van der Waals surface area contributed by atoms with E-state index in [4.69, 9.17) is 12.2 Å². The van der Waals surface area contributed by atoms with Crippen LogP contribution in [0.25, 0.3) is 0 Å². The molecule has 2 unspecified atom stereocenters. The van der Waals surface area contributed by atoms with Crippen LogP contribution in [0.1, 0.15) is 43.4 Å². The van der Waals surface area contributed by atoms with Crippen molar-refractivity contribution in [3.63, 3.8) is 0 Å². The molecule has 1 aromatic carbocycles. The second-order valence-corrected chi connectivity index (χ2v) is 9.99. The third-order valence-corrected chi connectivity index (χ3v) is 6.14. The average molecular weight is 456 g/mol. The van der Waals surface area contributed by atoms with E-state index in [0.717, 1.165) is 23.3 Å². The van der Waals surface area contributed by atoms with Crippen LogP contribution in [-0.4, -0.2) is 29.3 Å². The molecule has 1 saturated heterocycles. The largest absolute Gasteiger partial charge is 0.351 e. The van der Waals surface area contributed by atoms with Gasteiger partial charge in [0.2, 0.25) is 10.0 Å². The lowest BCUT2D eigenvalue weighted by Crippen LogP contribution is -2.30. The Morgan fingerprint density at radius 1 is 1.10 bits per heavy atom. The van der Waals surface area contributed by atoms with Gasteiger partial charge >= 0.3 is 0 Å². The molecule has 0 saturated carbocycles. The molecular weight excluding hydrogens is 430 g/mol. The Bertz CT molecular complexity index is 1170. The van der Waals surface area contributed by atoms with Gasteiger partial charge in [0, 0.05) is 35.5 Å². The Hall–Kier alpha value is -2.91. The minimum Gasteiger partial charge on any atom is -0.351 e. The molecule has 0 aliphatic carbocycles. The standard InChI is InChI=1S/C22H25N5O2S2/c1-15(2)26-14-6-8-19(26)21-20(18-7-4-5-13-23-18)24-22(30)27(21)17-11-9-16(10-12-17)25-31(3,28)29/h4-15,20-21,25H,1-3H3,(H,24,30). The van der Waals surface area contributed by atoms with Crippen molar-refractivity contribution in [2.24, 2.45) is 0 Å². The number of hydrogen-bond acceptors (Lipinski definition) is 4. The molecule has 2 atom stereocenters. The van der Waals surface area contributed by atoms with E-state index in [0.29, 0.717) is 10.8 Å². The van der Waals surface area contributed by atoms with Gasteiger partial charge in [0.25, 0.3) is 0 Å². The summed E-state index contributed by atoms with van der Waals surface area (Å²) in [4.78, 5) is 6.65. The molecule has 31 heavy (non-hydrogen) atoms. The molecule has 0 radical (unpaired) electrons. The van der Waals surface area contributed by atoms with Gasteiger partial charge in [0.15, 0.2) is 5.11 Å². The Kier molecular flexibility index (Phi) is 5.72. The fourth-order valence-electron chi connectivity index (χ4n) is 3.97. The summed E-state index contributed by atoms with van der Waals surface area (Å²) >= 11 is 5.75. The molecule has 9 heteroatoms. The molecule has 0 amide bonds. The summed E-state index contributed by atoms with van der Waals surface area (Å²) in [5.74, 6) is 0. The van der Waals surface area contributed by atoms with Crippen molar-refractivity contribution >= 4 is 38.7 Å². The average Bonchev–Trinajstić information content (AvgIpc) is 3.32. The van der Waals surface area contributed by atoms with Crippen molar-refractivity contribution < 1.29 is 8.42 Å². The highest BCUT2D eigenvalue weighted by molar-refractivity contribution is 7.92. The predicted molar refractivity (Wildman–Crippen MR) is 128 cm³/mol. The Morgan fingerprint density at radius 2 is 1.84 bits per heavy atom. The van der Waals surface area contributed by atoms with Crippen LogP contribution >= 0.6 is 12.2 Å². The highest BCUT2D eigenvalue weighted by atomic mass is 32.2. The fourth-order valence-corrected chi connectivity index (χ4v) is 4.88. The van der Waals surface area contributed by atoms with Crippen molar-refractivity contribution in [1.29, 1.82) is 0 Å². The lowest BCUT2D eigenvalue weighted by Gasteiger charge is -2.30. The zero-order valence-electron chi connectivity index (χ0n) is 17.6. The van der Waals surface area contributed by atoms with Crippen molar-refractivity contribution in [2.75, 3.05) is 15.9 Å². The van der Waals surface area contributed by atoms with Crippen molar-refractivity contribution in [3.8, 4) is 0 Å². The van der Waals surface area contributed by atoms with Crippen LogP contribution in [0.3, 0.4) is 0 Å². The number of rotatable bonds is 6. The van der Waals surface area contributed by atoms with Crippen LogP contribution < -0.4 is 14.9 Å². The molecule has 2 N–H and O–H groups in total. The number of nitrogens with one attached hydrogen (secondary N) is 2. The van der Waals surface area contributed by atoms with E-state index >= 15 is 0 Å². The molecule has 0 bridgehead atoms. The summed E-state index contributed by atoms with van der Waals surface area (Å²) in [6, 6.07) is 17.3. The van der Waals surface area contributed by atoms with Crippen molar-refractivity contribution in [3.05, 3.63) is 78.4 Å². The van der Waals surface area contributed by atoms with E-state index < -0.39 is 10.0 Å². The Balaban J connectivity index is 1.78. The summed E-state index contributed by atoms with van der Waals surface area (Å²) in [7, 11) is -3.34.